The maximum absolute atomic E-state index is 6.22. The Morgan fingerprint density at radius 3 is 3.15 bits per heavy atom. The SMILES string of the molecule is Clc1cccc2nc(NC3CCN4CCCC4C3)sc12. The number of piperidine rings is 1. The molecule has 1 aromatic heterocycles. The first kappa shape index (κ1) is 12.9. The van der Waals surface area contributed by atoms with Crippen LogP contribution in [0.5, 0.6) is 0 Å². The quantitative estimate of drug-likeness (QED) is 0.909. The first-order chi connectivity index (χ1) is 9.79. The third-order valence-corrected chi connectivity index (χ3v) is 5.98. The molecule has 3 heterocycles. The second-order valence-corrected chi connectivity index (χ2v) is 7.21. The Morgan fingerprint density at radius 1 is 1.30 bits per heavy atom. The van der Waals surface area contributed by atoms with Crippen LogP contribution in [0.2, 0.25) is 5.02 Å². The summed E-state index contributed by atoms with van der Waals surface area (Å²) in [5.41, 5.74) is 1.00. The van der Waals surface area contributed by atoms with Crippen LogP contribution >= 0.6 is 22.9 Å². The van der Waals surface area contributed by atoms with Crippen molar-refractivity contribution < 1.29 is 0 Å². The number of fused-ring (bicyclic) bond motifs is 2. The van der Waals surface area contributed by atoms with Crippen molar-refractivity contribution >= 4 is 38.3 Å². The number of benzene rings is 1. The van der Waals surface area contributed by atoms with Crippen molar-refractivity contribution in [2.75, 3.05) is 18.4 Å². The number of thiazole rings is 1. The number of rotatable bonds is 2. The average molecular weight is 308 g/mol. The zero-order valence-electron chi connectivity index (χ0n) is 11.3. The molecule has 106 valence electrons. The Kier molecular flexibility index (Phi) is 3.33. The molecule has 0 aliphatic carbocycles. The standard InChI is InChI=1S/C15H18ClN3S/c16-12-4-1-5-13-14(12)20-15(18-13)17-10-6-8-19-7-2-3-11(19)9-10/h1,4-5,10-11H,2-3,6-9H2,(H,17,18). The molecule has 3 nitrogen and oxygen atoms in total. The van der Waals surface area contributed by atoms with Crippen LogP contribution in [0.1, 0.15) is 25.7 Å². The van der Waals surface area contributed by atoms with Crippen molar-refractivity contribution in [1.29, 1.82) is 0 Å². The Hall–Kier alpha value is -0.840. The van der Waals surface area contributed by atoms with Crippen LogP contribution in [0.25, 0.3) is 10.2 Å². The van der Waals surface area contributed by atoms with Gasteiger partial charge in [0.25, 0.3) is 0 Å². The number of anilines is 1. The first-order valence-corrected chi connectivity index (χ1v) is 8.55. The maximum Gasteiger partial charge on any atom is 0.184 e. The highest BCUT2D eigenvalue weighted by Gasteiger charge is 2.31. The highest BCUT2D eigenvalue weighted by Crippen LogP contribution is 2.34. The molecule has 0 radical (unpaired) electrons. The van der Waals surface area contributed by atoms with Crippen molar-refractivity contribution in [3.8, 4) is 0 Å². The summed E-state index contributed by atoms with van der Waals surface area (Å²) >= 11 is 7.90. The minimum Gasteiger partial charge on any atom is -0.359 e. The van der Waals surface area contributed by atoms with Crippen LogP contribution in [0.3, 0.4) is 0 Å². The Balaban J connectivity index is 1.51. The van der Waals surface area contributed by atoms with E-state index in [2.05, 4.69) is 15.2 Å². The average Bonchev–Trinajstić information content (AvgIpc) is 3.05. The Labute approximate surface area is 127 Å². The van der Waals surface area contributed by atoms with Crippen molar-refractivity contribution in [3.63, 3.8) is 0 Å². The molecule has 2 unspecified atom stereocenters. The molecule has 2 fully saturated rings. The first-order valence-electron chi connectivity index (χ1n) is 7.35. The molecule has 0 spiro atoms. The summed E-state index contributed by atoms with van der Waals surface area (Å²) in [6.45, 7) is 2.53. The van der Waals surface area contributed by atoms with Crippen LogP contribution in [-0.2, 0) is 0 Å². The molecule has 2 aliphatic heterocycles. The predicted molar refractivity (Wildman–Crippen MR) is 85.9 cm³/mol. The van der Waals surface area contributed by atoms with Gasteiger partial charge in [0, 0.05) is 18.6 Å². The van der Waals surface area contributed by atoms with E-state index >= 15 is 0 Å². The minimum absolute atomic E-state index is 0.564. The summed E-state index contributed by atoms with van der Waals surface area (Å²) in [7, 11) is 0. The lowest BCUT2D eigenvalue weighted by atomic mass is 9.98. The van der Waals surface area contributed by atoms with Gasteiger partial charge in [0.2, 0.25) is 0 Å². The normalized spacial score (nSPS) is 26.9. The molecule has 20 heavy (non-hydrogen) atoms. The van der Waals surface area contributed by atoms with E-state index in [4.69, 9.17) is 11.6 Å². The molecular formula is C15H18ClN3S. The smallest absolute Gasteiger partial charge is 0.184 e. The number of hydrogen-bond donors (Lipinski definition) is 1. The number of aromatic nitrogens is 1. The molecule has 1 aromatic carbocycles. The predicted octanol–water partition coefficient (Wildman–Crippen LogP) is 3.99. The van der Waals surface area contributed by atoms with Crippen LogP contribution in [-0.4, -0.2) is 35.1 Å². The Morgan fingerprint density at radius 2 is 2.25 bits per heavy atom. The van der Waals surface area contributed by atoms with E-state index in [-0.39, 0.29) is 0 Å². The van der Waals surface area contributed by atoms with Gasteiger partial charge in [-0.1, -0.05) is 29.0 Å². The van der Waals surface area contributed by atoms with Gasteiger partial charge in [0.15, 0.2) is 5.13 Å². The van der Waals surface area contributed by atoms with Gasteiger partial charge in [-0.2, -0.15) is 0 Å². The fourth-order valence-corrected chi connectivity index (χ4v) is 4.74. The molecule has 1 N–H and O–H groups in total. The third kappa shape index (κ3) is 2.30. The maximum atomic E-state index is 6.22. The van der Waals surface area contributed by atoms with Crippen molar-refractivity contribution in [2.24, 2.45) is 0 Å². The molecule has 0 bridgehead atoms. The zero-order valence-corrected chi connectivity index (χ0v) is 12.9. The lowest BCUT2D eigenvalue weighted by Gasteiger charge is -2.35. The van der Waals surface area contributed by atoms with Crippen molar-refractivity contribution in [2.45, 2.75) is 37.8 Å². The fraction of sp³-hybridized carbons (Fsp3) is 0.533. The van der Waals surface area contributed by atoms with Gasteiger partial charge in [-0.3, -0.25) is 0 Å². The summed E-state index contributed by atoms with van der Waals surface area (Å²) in [6.07, 6.45) is 5.21. The van der Waals surface area contributed by atoms with E-state index in [0.29, 0.717) is 6.04 Å². The zero-order chi connectivity index (χ0) is 13.5. The second kappa shape index (κ2) is 5.17. The number of nitrogens with one attached hydrogen (secondary N) is 1. The van der Waals surface area contributed by atoms with E-state index in [1.54, 1.807) is 11.3 Å². The lowest BCUT2D eigenvalue weighted by molar-refractivity contribution is 0.188. The third-order valence-electron chi connectivity index (χ3n) is 4.51. The van der Waals surface area contributed by atoms with E-state index in [0.717, 1.165) is 26.4 Å². The van der Waals surface area contributed by atoms with Crippen molar-refractivity contribution in [1.82, 2.24) is 9.88 Å². The minimum atomic E-state index is 0.564. The van der Waals surface area contributed by atoms with Gasteiger partial charge >= 0.3 is 0 Å². The summed E-state index contributed by atoms with van der Waals surface area (Å²) in [5.74, 6) is 0. The molecule has 4 rings (SSSR count). The molecular weight excluding hydrogens is 290 g/mol. The van der Waals surface area contributed by atoms with Crippen LogP contribution < -0.4 is 5.32 Å². The topological polar surface area (TPSA) is 28.2 Å². The van der Waals surface area contributed by atoms with Crippen molar-refractivity contribution in [3.05, 3.63) is 23.2 Å². The summed E-state index contributed by atoms with van der Waals surface area (Å²) in [5, 5.41) is 5.45. The molecule has 5 heteroatoms. The van der Waals surface area contributed by atoms with Crippen LogP contribution in [0.15, 0.2) is 18.2 Å². The molecule has 2 saturated heterocycles. The Bertz CT molecular complexity index is 627. The fourth-order valence-electron chi connectivity index (χ4n) is 3.51. The van der Waals surface area contributed by atoms with Gasteiger partial charge < -0.3 is 10.2 Å². The molecule has 2 aromatic rings. The lowest BCUT2D eigenvalue weighted by Crippen LogP contribution is -2.42. The number of nitrogens with zero attached hydrogens (tertiary/aromatic N) is 2. The van der Waals surface area contributed by atoms with E-state index in [1.807, 2.05) is 18.2 Å². The van der Waals surface area contributed by atoms with Crippen LogP contribution in [0, 0.1) is 0 Å². The molecule has 0 amide bonds. The summed E-state index contributed by atoms with van der Waals surface area (Å²) < 4.78 is 1.09. The summed E-state index contributed by atoms with van der Waals surface area (Å²) in [4.78, 5) is 7.31. The highest BCUT2D eigenvalue weighted by molar-refractivity contribution is 7.22. The van der Waals surface area contributed by atoms with Gasteiger partial charge in [0.05, 0.1) is 15.2 Å². The summed E-state index contributed by atoms with van der Waals surface area (Å²) in [6, 6.07) is 7.28. The molecule has 2 atom stereocenters. The van der Waals surface area contributed by atoms with Gasteiger partial charge in [0.1, 0.15) is 0 Å². The van der Waals surface area contributed by atoms with Gasteiger partial charge in [-0.15, -0.1) is 0 Å². The largest absolute Gasteiger partial charge is 0.359 e. The number of halogens is 1. The highest BCUT2D eigenvalue weighted by atomic mass is 35.5. The molecule has 0 saturated carbocycles. The van der Waals surface area contributed by atoms with Gasteiger partial charge in [-0.25, -0.2) is 4.98 Å². The number of hydrogen-bond acceptors (Lipinski definition) is 4. The van der Waals surface area contributed by atoms with E-state index in [1.165, 1.54) is 38.8 Å². The van der Waals surface area contributed by atoms with Crippen LogP contribution in [0.4, 0.5) is 5.13 Å². The van der Waals surface area contributed by atoms with E-state index < -0.39 is 0 Å². The second-order valence-electron chi connectivity index (χ2n) is 5.80. The monoisotopic (exact) mass is 307 g/mol. The molecule has 2 aliphatic rings. The van der Waals surface area contributed by atoms with E-state index in [9.17, 15) is 0 Å². The van der Waals surface area contributed by atoms with Gasteiger partial charge in [-0.05, 0) is 44.4 Å².